The maximum Gasteiger partial charge on any atom is 0.179 e. The lowest BCUT2D eigenvalue weighted by Gasteiger charge is -2.18. The van der Waals surface area contributed by atoms with Gasteiger partial charge in [0.1, 0.15) is 5.75 Å². The van der Waals surface area contributed by atoms with E-state index in [4.69, 9.17) is 16.3 Å². The molecule has 0 unspecified atom stereocenters. The average Bonchev–Trinajstić information content (AvgIpc) is 2.90. The highest BCUT2D eigenvalue weighted by atomic mass is 35.5. The van der Waals surface area contributed by atoms with Crippen LogP contribution in [0.25, 0.3) is 10.9 Å². The van der Waals surface area contributed by atoms with Crippen molar-refractivity contribution in [1.82, 2.24) is 9.88 Å². The number of aromatic nitrogens is 1. The normalized spacial score (nSPS) is 11.2. The number of methoxy groups -OCH3 is 1. The number of likely N-dealkylation sites (N-methyl/N-ethyl adjacent to an activating group) is 1. The maximum atomic E-state index is 12.8. The van der Waals surface area contributed by atoms with Gasteiger partial charge in [0.25, 0.3) is 0 Å². The number of hydrogen-bond acceptors (Lipinski definition) is 3. The number of benzene rings is 2. The summed E-state index contributed by atoms with van der Waals surface area (Å²) in [5, 5.41) is 1.63. The fraction of sp³-hybridized carbons (Fsp3) is 0.250. The van der Waals surface area contributed by atoms with Crippen LogP contribution >= 0.6 is 11.6 Å². The van der Waals surface area contributed by atoms with Crippen molar-refractivity contribution >= 4 is 28.3 Å². The number of aromatic amines is 1. The molecule has 1 aromatic heterocycles. The van der Waals surface area contributed by atoms with E-state index in [0.29, 0.717) is 18.1 Å². The predicted molar refractivity (Wildman–Crippen MR) is 102 cm³/mol. The average molecular weight is 357 g/mol. The first-order valence-corrected chi connectivity index (χ1v) is 8.49. The fourth-order valence-corrected chi connectivity index (χ4v) is 3.37. The Morgan fingerprint density at radius 2 is 2.00 bits per heavy atom. The molecule has 0 fully saturated rings. The van der Waals surface area contributed by atoms with Crippen LogP contribution in [-0.4, -0.2) is 36.4 Å². The molecule has 0 saturated carbocycles. The van der Waals surface area contributed by atoms with Gasteiger partial charge >= 0.3 is 0 Å². The van der Waals surface area contributed by atoms with Gasteiger partial charge in [0.05, 0.1) is 13.7 Å². The highest BCUT2D eigenvalue weighted by Gasteiger charge is 2.18. The van der Waals surface area contributed by atoms with Crippen LogP contribution in [0.1, 0.15) is 21.6 Å². The monoisotopic (exact) mass is 356 g/mol. The van der Waals surface area contributed by atoms with Gasteiger partial charge in [0.15, 0.2) is 5.78 Å². The van der Waals surface area contributed by atoms with Crippen LogP contribution < -0.4 is 4.74 Å². The number of hydrogen-bond donors (Lipinski definition) is 1. The Morgan fingerprint density at radius 1 is 1.24 bits per heavy atom. The lowest BCUT2D eigenvalue weighted by atomic mass is 10.1. The van der Waals surface area contributed by atoms with E-state index < -0.39 is 0 Å². The first-order chi connectivity index (χ1) is 12.0. The van der Waals surface area contributed by atoms with Gasteiger partial charge in [-0.05, 0) is 38.2 Å². The van der Waals surface area contributed by atoms with Crippen LogP contribution in [0.5, 0.6) is 5.75 Å². The molecule has 4 nitrogen and oxygen atoms in total. The lowest BCUT2D eigenvalue weighted by molar-refractivity contribution is 0.0943. The number of ketones is 1. The first-order valence-electron chi connectivity index (χ1n) is 8.11. The number of nitrogens with zero attached hydrogens (tertiary/aromatic N) is 1. The molecule has 130 valence electrons. The lowest BCUT2D eigenvalue weighted by Crippen LogP contribution is -2.26. The van der Waals surface area contributed by atoms with E-state index >= 15 is 0 Å². The van der Waals surface area contributed by atoms with E-state index in [1.54, 1.807) is 13.2 Å². The number of H-pyrrole nitrogens is 1. The molecule has 3 aromatic rings. The second kappa shape index (κ2) is 7.30. The van der Waals surface area contributed by atoms with Crippen LogP contribution in [0, 0.1) is 6.92 Å². The number of Topliss-reactive ketones (excluding diaryl/α,β-unsaturated/α-hetero) is 1. The number of carbonyl (C=O) groups excluding carboxylic acids is 1. The molecule has 25 heavy (non-hydrogen) atoms. The van der Waals surface area contributed by atoms with Crippen LogP contribution in [-0.2, 0) is 6.54 Å². The number of aryl methyl sites for hydroxylation is 1. The molecule has 0 saturated heterocycles. The molecule has 0 spiro atoms. The summed E-state index contributed by atoms with van der Waals surface area (Å²) in [6, 6.07) is 13.4. The van der Waals surface area contributed by atoms with Crippen molar-refractivity contribution in [2.45, 2.75) is 13.5 Å². The quantitative estimate of drug-likeness (QED) is 0.663. The summed E-state index contributed by atoms with van der Waals surface area (Å²) >= 11 is 6.09. The Balaban J connectivity index is 1.79. The summed E-state index contributed by atoms with van der Waals surface area (Å²) in [6.07, 6.45) is 0. The molecule has 2 aromatic carbocycles. The van der Waals surface area contributed by atoms with E-state index in [0.717, 1.165) is 33.5 Å². The summed E-state index contributed by atoms with van der Waals surface area (Å²) in [6.45, 7) is 2.84. The molecule has 1 N–H and O–H groups in total. The standard InChI is InChI=1S/C20H21ClN2O2/c1-13-20(16-6-4-5-7-17(16)22-13)18(24)12-23(2)11-14-10-15(21)8-9-19(14)25-3/h4-10,22H,11-12H2,1-3H3. The van der Waals surface area contributed by atoms with E-state index in [1.807, 2.05) is 55.3 Å². The number of nitrogens with one attached hydrogen (secondary N) is 1. The minimum absolute atomic E-state index is 0.0958. The maximum absolute atomic E-state index is 12.8. The van der Waals surface area contributed by atoms with Gasteiger partial charge in [-0.15, -0.1) is 0 Å². The SMILES string of the molecule is COc1ccc(Cl)cc1CN(C)CC(=O)c1c(C)[nH]c2ccccc12. The Morgan fingerprint density at radius 3 is 2.76 bits per heavy atom. The summed E-state index contributed by atoms with van der Waals surface area (Å²) in [5.74, 6) is 0.866. The number of ether oxygens (including phenoxy) is 1. The van der Waals surface area contributed by atoms with Gasteiger partial charge in [-0.3, -0.25) is 9.69 Å². The van der Waals surface area contributed by atoms with E-state index in [2.05, 4.69) is 4.98 Å². The summed E-state index contributed by atoms with van der Waals surface area (Å²) in [7, 11) is 3.55. The van der Waals surface area contributed by atoms with Gasteiger partial charge in [0.2, 0.25) is 0 Å². The molecule has 1 heterocycles. The second-order valence-electron chi connectivity index (χ2n) is 6.22. The molecule has 0 amide bonds. The van der Waals surface area contributed by atoms with Gasteiger partial charge in [-0.2, -0.15) is 0 Å². The second-order valence-corrected chi connectivity index (χ2v) is 6.66. The van der Waals surface area contributed by atoms with Crippen LogP contribution in [0.2, 0.25) is 5.02 Å². The molecular formula is C20H21ClN2O2. The van der Waals surface area contributed by atoms with Crippen molar-refractivity contribution < 1.29 is 9.53 Å². The van der Waals surface area contributed by atoms with Crippen LogP contribution in [0.3, 0.4) is 0 Å². The van der Waals surface area contributed by atoms with Crippen molar-refractivity contribution in [3.05, 3.63) is 64.3 Å². The zero-order chi connectivity index (χ0) is 18.0. The minimum Gasteiger partial charge on any atom is -0.496 e. The smallest absolute Gasteiger partial charge is 0.179 e. The molecule has 5 heteroatoms. The van der Waals surface area contributed by atoms with E-state index in [9.17, 15) is 4.79 Å². The topological polar surface area (TPSA) is 45.3 Å². The van der Waals surface area contributed by atoms with Crippen molar-refractivity contribution in [3.8, 4) is 5.75 Å². The largest absolute Gasteiger partial charge is 0.496 e. The molecule has 0 atom stereocenters. The molecule has 0 bridgehead atoms. The highest BCUT2D eigenvalue weighted by molar-refractivity contribution is 6.30. The zero-order valence-corrected chi connectivity index (χ0v) is 15.4. The van der Waals surface area contributed by atoms with Gasteiger partial charge in [0, 0.05) is 39.3 Å². The number of halogens is 1. The van der Waals surface area contributed by atoms with Gasteiger partial charge < -0.3 is 9.72 Å². The predicted octanol–water partition coefficient (Wildman–Crippen LogP) is 4.45. The molecule has 0 radical (unpaired) electrons. The first kappa shape index (κ1) is 17.5. The summed E-state index contributed by atoms with van der Waals surface area (Å²) in [5.41, 5.74) is 3.61. The third-order valence-corrected chi connectivity index (χ3v) is 4.50. The van der Waals surface area contributed by atoms with Crippen molar-refractivity contribution in [1.29, 1.82) is 0 Å². The number of para-hydroxylation sites is 1. The number of fused-ring (bicyclic) bond motifs is 1. The molecule has 0 aliphatic heterocycles. The minimum atomic E-state index is 0.0958. The van der Waals surface area contributed by atoms with Crippen molar-refractivity contribution in [2.24, 2.45) is 0 Å². The Hall–Kier alpha value is -2.30. The van der Waals surface area contributed by atoms with Gasteiger partial charge in [-0.25, -0.2) is 0 Å². The molecule has 0 aliphatic carbocycles. The van der Waals surface area contributed by atoms with Crippen molar-refractivity contribution in [2.75, 3.05) is 20.7 Å². The Labute approximate surface area is 152 Å². The Kier molecular flexibility index (Phi) is 5.11. The molecule has 3 rings (SSSR count). The van der Waals surface area contributed by atoms with E-state index in [1.165, 1.54) is 0 Å². The highest BCUT2D eigenvalue weighted by Crippen LogP contribution is 2.25. The van der Waals surface area contributed by atoms with Crippen LogP contribution in [0.15, 0.2) is 42.5 Å². The van der Waals surface area contributed by atoms with Crippen molar-refractivity contribution in [3.63, 3.8) is 0 Å². The third kappa shape index (κ3) is 3.70. The Bertz CT molecular complexity index is 917. The number of carbonyl (C=O) groups is 1. The van der Waals surface area contributed by atoms with Crippen LogP contribution in [0.4, 0.5) is 0 Å². The third-order valence-electron chi connectivity index (χ3n) is 4.27. The molecular weight excluding hydrogens is 336 g/mol. The fourth-order valence-electron chi connectivity index (χ4n) is 3.18. The zero-order valence-electron chi connectivity index (χ0n) is 14.6. The van der Waals surface area contributed by atoms with E-state index in [-0.39, 0.29) is 5.78 Å². The summed E-state index contributed by atoms with van der Waals surface area (Å²) in [4.78, 5) is 18.1. The number of rotatable bonds is 6. The summed E-state index contributed by atoms with van der Waals surface area (Å²) < 4.78 is 5.38. The molecule has 0 aliphatic rings. The van der Waals surface area contributed by atoms with Gasteiger partial charge in [-0.1, -0.05) is 29.8 Å².